The van der Waals surface area contributed by atoms with Crippen LogP contribution in [-0.4, -0.2) is 60.9 Å². The normalized spacial score (nSPS) is 16.6. The maximum absolute atomic E-state index is 14.0. The second-order valence-corrected chi connectivity index (χ2v) is 11.8. The predicted molar refractivity (Wildman–Crippen MR) is 172 cm³/mol. The van der Waals surface area contributed by atoms with Gasteiger partial charge in [0.15, 0.2) is 11.4 Å². The van der Waals surface area contributed by atoms with E-state index in [1.165, 1.54) is 11.3 Å². The number of hydrogen-bond acceptors (Lipinski definition) is 8. The molecule has 1 saturated heterocycles. The average Bonchev–Trinajstić information content (AvgIpc) is 3.38. The molecule has 4 aromatic rings. The van der Waals surface area contributed by atoms with Gasteiger partial charge in [0.25, 0.3) is 11.5 Å². The first-order valence-electron chi connectivity index (χ1n) is 14.6. The molecule has 0 spiro atoms. The molecule has 0 radical (unpaired) electrons. The van der Waals surface area contributed by atoms with Crippen molar-refractivity contribution in [1.29, 1.82) is 0 Å². The molecule has 0 N–H and O–H groups in total. The molecule has 0 saturated carbocycles. The number of aromatic nitrogens is 1. The van der Waals surface area contributed by atoms with E-state index in [2.05, 4.69) is 0 Å². The quantitative estimate of drug-likeness (QED) is 0.271. The number of ether oxygens (including phenoxy) is 3. The number of thiazole rings is 1. The summed E-state index contributed by atoms with van der Waals surface area (Å²) in [7, 11) is 0. The fourth-order valence-electron chi connectivity index (χ4n) is 5.26. The highest BCUT2D eigenvalue weighted by Crippen LogP contribution is 2.35. The minimum absolute atomic E-state index is 0.0603. The Morgan fingerprint density at radius 3 is 2.42 bits per heavy atom. The summed E-state index contributed by atoms with van der Waals surface area (Å²) in [6.07, 6.45) is 1.78. The molecule has 1 atom stereocenters. The highest BCUT2D eigenvalue weighted by Gasteiger charge is 2.35. The van der Waals surface area contributed by atoms with Gasteiger partial charge in [-0.2, -0.15) is 0 Å². The zero-order valence-electron chi connectivity index (χ0n) is 24.5. The SMILES string of the molecule is CCOC(=O)C1=C(c2ccccc2)N=c2s/c(=C/c3ccc(OCC(=O)N4CCOCC4)cc3)c(=O)n2[C@@H]1c1ccc(Cl)cc1. The summed E-state index contributed by atoms with van der Waals surface area (Å²) in [5.74, 6) is -0.0858. The Morgan fingerprint density at radius 2 is 1.73 bits per heavy atom. The number of fused-ring (bicyclic) bond motifs is 1. The lowest BCUT2D eigenvalue weighted by atomic mass is 9.93. The van der Waals surface area contributed by atoms with E-state index in [1.54, 1.807) is 58.9 Å². The Morgan fingerprint density at radius 1 is 1.02 bits per heavy atom. The number of nitrogens with zero attached hydrogens (tertiary/aromatic N) is 3. The van der Waals surface area contributed by atoms with Crippen LogP contribution in [0, 0.1) is 0 Å². The van der Waals surface area contributed by atoms with Gasteiger partial charge in [0.2, 0.25) is 0 Å². The predicted octanol–water partition coefficient (Wildman–Crippen LogP) is 3.83. The number of esters is 1. The highest BCUT2D eigenvalue weighted by molar-refractivity contribution is 7.07. The van der Waals surface area contributed by atoms with Gasteiger partial charge in [0.1, 0.15) is 5.75 Å². The average molecular weight is 644 g/mol. The Bertz CT molecular complexity index is 1910. The second kappa shape index (κ2) is 13.6. The van der Waals surface area contributed by atoms with Crippen LogP contribution in [0.5, 0.6) is 5.75 Å². The van der Waals surface area contributed by atoms with Crippen LogP contribution in [0.2, 0.25) is 5.02 Å². The maximum atomic E-state index is 14.0. The fourth-order valence-corrected chi connectivity index (χ4v) is 6.39. The molecule has 6 rings (SSSR count). The van der Waals surface area contributed by atoms with Gasteiger partial charge in [-0.3, -0.25) is 14.2 Å². The lowest BCUT2D eigenvalue weighted by Crippen LogP contribution is -2.42. The van der Waals surface area contributed by atoms with Gasteiger partial charge in [0.05, 0.1) is 41.7 Å². The minimum atomic E-state index is -0.783. The third-order valence-electron chi connectivity index (χ3n) is 7.46. The first kappa shape index (κ1) is 30.5. The number of morpholine rings is 1. The van der Waals surface area contributed by atoms with Crippen molar-refractivity contribution >= 4 is 46.6 Å². The number of hydrogen-bond donors (Lipinski definition) is 0. The molecule has 3 aromatic carbocycles. The van der Waals surface area contributed by atoms with Crippen molar-refractivity contribution in [2.75, 3.05) is 39.5 Å². The van der Waals surface area contributed by atoms with E-state index in [0.717, 1.165) is 11.1 Å². The van der Waals surface area contributed by atoms with Gasteiger partial charge in [-0.25, -0.2) is 9.79 Å². The third-order valence-corrected chi connectivity index (χ3v) is 8.70. The van der Waals surface area contributed by atoms with Crippen LogP contribution in [0.3, 0.4) is 0 Å². The Kier molecular flexibility index (Phi) is 9.25. The third kappa shape index (κ3) is 6.63. The molecular weight excluding hydrogens is 614 g/mol. The molecule has 2 aliphatic heterocycles. The van der Waals surface area contributed by atoms with Gasteiger partial charge in [-0.05, 0) is 48.4 Å². The molecule has 0 aliphatic carbocycles. The van der Waals surface area contributed by atoms with Crippen LogP contribution < -0.4 is 19.6 Å². The molecule has 45 heavy (non-hydrogen) atoms. The van der Waals surface area contributed by atoms with E-state index in [0.29, 0.717) is 57.7 Å². The second-order valence-electron chi connectivity index (χ2n) is 10.3. The first-order valence-corrected chi connectivity index (χ1v) is 15.7. The Labute approximate surface area is 268 Å². The van der Waals surface area contributed by atoms with Crippen molar-refractivity contribution in [2.24, 2.45) is 4.99 Å². The summed E-state index contributed by atoms with van der Waals surface area (Å²) in [5.41, 5.74) is 2.64. The molecule has 1 aromatic heterocycles. The van der Waals surface area contributed by atoms with Crippen LogP contribution in [-0.2, 0) is 19.1 Å². The van der Waals surface area contributed by atoms with Gasteiger partial charge in [-0.15, -0.1) is 0 Å². The number of halogens is 1. The van der Waals surface area contributed by atoms with Crippen LogP contribution in [0.15, 0.2) is 94.2 Å². The summed E-state index contributed by atoms with van der Waals surface area (Å²) in [6.45, 7) is 4.04. The molecule has 9 nitrogen and oxygen atoms in total. The van der Waals surface area contributed by atoms with Crippen LogP contribution in [0.4, 0.5) is 0 Å². The van der Waals surface area contributed by atoms with Crippen molar-refractivity contribution in [3.05, 3.63) is 126 Å². The van der Waals surface area contributed by atoms with E-state index in [-0.39, 0.29) is 30.3 Å². The molecule has 2 aliphatic rings. The molecular formula is C34H30ClN3O6S. The monoisotopic (exact) mass is 643 g/mol. The van der Waals surface area contributed by atoms with Gasteiger partial charge in [0, 0.05) is 23.7 Å². The van der Waals surface area contributed by atoms with Gasteiger partial charge in [-0.1, -0.05) is 77.5 Å². The van der Waals surface area contributed by atoms with E-state index in [4.69, 9.17) is 30.8 Å². The summed E-state index contributed by atoms with van der Waals surface area (Å²) >= 11 is 7.45. The summed E-state index contributed by atoms with van der Waals surface area (Å²) in [5, 5.41) is 0.536. The largest absolute Gasteiger partial charge is 0.484 e. The lowest BCUT2D eigenvalue weighted by Gasteiger charge is -2.26. The van der Waals surface area contributed by atoms with Crippen molar-refractivity contribution < 1.29 is 23.8 Å². The lowest BCUT2D eigenvalue weighted by molar-refractivity contribution is -0.139. The van der Waals surface area contributed by atoms with Crippen LogP contribution in [0.25, 0.3) is 11.8 Å². The summed E-state index contributed by atoms with van der Waals surface area (Å²) in [4.78, 5) is 47.1. The number of rotatable bonds is 8. The van der Waals surface area contributed by atoms with E-state index in [9.17, 15) is 14.4 Å². The number of carbonyl (C=O) groups excluding carboxylic acids is 2. The maximum Gasteiger partial charge on any atom is 0.338 e. The molecule has 230 valence electrons. The number of carbonyl (C=O) groups is 2. The molecule has 11 heteroatoms. The van der Waals surface area contributed by atoms with Crippen molar-refractivity contribution in [1.82, 2.24) is 9.47 Å². The minimum Gasteiger partial charge on any atom is -0.484 e. The molecule has 1 fully saturated rings. The smallest absolute Gasteiger partial charge is 0.338 e. The first-order chi connectivity index (χ1) is 21.9. The highest BCUT2D eigenvalue weighted by atomic mass is 35.5. The summed E-state index contributed by atoms with van der Waals surface area (Å²) < 4.78 is 18.5. The van der Waals surface area contributed by atoms with Crippen LogP contribution in [0.1, 0.15) is 29.7 Å². The van der Waals surface area contributed by atoms with E-state index in [1.807, 2.05) is 42.5 Å². The van der Waals surface area contributed by atoms with E-state index >= 15 is 0 Å². The summed E-state index contributed by atoms with van der Waals surface area (Å²) in [6, 6.07) is 22.9. The fraction of sp³-hybridized carbons (Fsp3) is 0.235. The Hall–Kier alpha value is -4.51. The topological polar surface area (TPSA) is 99.4 Å². The Balaban J connectivity index is 1.38. The number of amides is 1. The van der Waals surface area contributed by atoms with Crippen molar-refractivity contribution in [2.45, 2.75) is 13.0 Å². The number of benzene rings is 3. The molecule has 3 heterocycles. The van der Waals surface area contributed by atoms with Gasteiger partial charge < -0.3 is 19.1 Å². The van der Waals surface area contributed by atoms with E-state index < -0.39 is 12.0 Å². The molecule has 0 bridgehead atoms. The standard InChI is InChI=1S/C34H30ClN3O6S/c1-2-43-33(41)29-30(23-6-4-3-5-7-23)36-34-38(31(29)24-10-12-25(35)13-11-24)32(40)27(45-34)20-22-8-14-26(15-9-22)44-21-28(39)37-16-18-42-19-17-37/h3-15,20,31H,2,16-19,21H2,1H3/b27-20+/t31-/m1/s1. The van der Waals surface area contributed by atoms with Crippen molar-refractivity contribution in [3.8, 4) is 5.75 Å². The van der Waals surface area contributed by atoms with Gasteiger partial charge >= 0.3 is 5.97 Å². The molecule has 0 unspecified atom stereocenters. The van der Waals surface area contributed by atoms with Crippen molar-refractivity contribution in [3.63, 3.8) is 0 Å². The molecule has 1 amide bonds. The zero-order valence-corrected chi connectivity index (χ0v) is 26.1. The zero-order chi connectivity index (χ0) is 31.3. The van der Waals surface area contributed by atoms with Crippen LogP contribution >= 0.6 is 22.9 Å².